The second-order valence-corrected chi connectivity index (χ2v) is 5.48. The molecule has 1 fully saturated rings. The van der Waals surface area contributed by atoms with Crippen molar-refractivity contribution < 1.29 is 9.59 Å². The van der Waals surface area contributed by atoms with E-state index in [1.165, 1.54) is 0 Å². The molecule has 1 aliphatic carbocycles. The minimum absolute atomic E-state index is 0.0827. The van der Waals surface area contributed by atoms with Gasteiger partial charge in [0.2, 0.25) is 0 Å². The zero-order chi connectivity index (χ0) is 15.5. The maximum absolute atomic E-state index is 12.4. The molecule has 4 nitrogen and oxygen atoms in total. The van der Waals surface area contributed by atoms with Crippen molar-refractivity contribution in [2.45, 2.75) is 32.6 Å². The van der Waals surface area contributed by atoms with Crippen molar-refractivity contribution in [2.75, 3.05) is 0 Å². The summed E-state index contributed by atoms with van der Waals surface area (Å²) in [5.41, 5.74) is 0.0897. The summed E-state index contributed by atoms with van der Waals surface area (Å²) in [4.78, 5) is 24.4. The fraction of sp³-hybridized carbons (Fsp3) is 0.412. The molecule has 106 valence electrons. The largest absolute Gasteiger partial charge is 0.298 e. The van der Waals surface area contributed by atoms with Crippen LogP contribution >= 0.6 is 0 Å². The highest BCUT2D eigenvalue weighted by Crippen LogP contribution is 2.42. The standard InChI is InChI=1S/C17H16N2O2/c1-12-5-2-3-6-14(12)15(20)9-13(10-18)17(11-19)8-4-7-16(17)21/h2-3,5-6,13H,4,7-9H2,1H3/t13-,17-/m1/s1. The van der Waals surface area contributed by atoms with Crippen LogP contribution in [0.1, 0.15) is 41.6 Å². The Kier molecular flexibility index (Phi) is 4.19. The monoisotopic (exact) mass is 280 g/mol. The van der Waals surface area contributed by atoms with E-state index in [1.807, 2.05) is 31.2 Å². The molecule has 1 aromatic rings. The maximum Gasteiger partial charge on any atom is 0.164 e. The molecule has 0 heterocycles. The first-order valence-electron chi connectivity index (χ1n) is 6.98. The topological polar surface area (TPSA) is 81.7 Å². The molecule has 1 aromatic carbocycles. The van der Waals surface area contributed by atoms with Crippen LogP contribution in [0.2, 0.25) is 0 Å². The van der Waals surface area contributed by atoms with Crippen LogP contribution in [-0.2, 0) is 4.79 Å². The van der Waals surface area contributed by atoms with Crippen molar-refractivity contribution in [1.82, 2.24) is 0 Å². The Labute approximate surface area is 124 Å². The molecule has 2 atom stereocenters. The van der Waals surface area contributed by atoms with Gasteiger partial charge in [0.15, 0.2) is 11.6 Å². The van der Waals surface area contributed by atoms with Gasteiger partial charge in [0, 0.05) is 18.4 Å². The minimum atomic E-state index is -1.30. The number of rotatable bonds is 4. The van der Waals surface area contributed by atoms with Crippen molar-refractivity contribution in [3.8, 4) is 12.1 Å². The Morgan fingerprint density at radius 3 is 2.62 bits per heavy atom. The maximum atomic E-state index is 12.4. The molecule has 0 radical (unpaired) electrons. The van der Waals surface area contributed by atoms with Crippen molar-refractivity contribution >= 4 is 11.6 Å². The van der Waals surface area contributed by atoms with Crippen molar-refractivity contribution in [1.29, 1.82) is 10.5 Å². The number of carbonyl (C=O) groups is 2. The molecule has 0 saturated heterocycles. The predicted molar refractivity (Wildman–Crippen MR) is 76.1 cm³/mol. The van der Waals surface area contributed by atoms with E-state index in [0.717, 1.165) is 5.56 Å². The molecule has 21 heavy (non-hydrogen) atoms. The first-order chi connectivity index (χ1) is 10.0. The Balaban J connectivity index is 2.27. The SMILES string of the molecule is Cc1ccccc1C(=O)C[C@H](C#N)[C@]1(C#N)CCCC1=O. The minimum Gasteiger partial charge on any atom is -0.298 e. The zero-order valence-electron chi connectivity index (χ0n) is 11.9. The normalized spacial score (nSPS) is 22.3. The van der Waals surface area contributed by atoms with Gasteiger partial charge in [-0.2, -0.15) is 10.5 Å². The third kappa shape index (κ3) is 2.58. The van der Waals surface area contributed by atoms with E-state index in [-0.39, 0.29) is 18.0 Å². The Bertz CT molecular complexity index is 666. The third-order valence-corrected chi connectivity index (χ3v) is 4.26. The average Bonchev–Trinajstić information content (AvgIpc) is 2.87. The molecule has 0 amide bonds. The Morgan fingerprint density at radius 1 is 1.38 bits per heavy atom. The van der Waals surface area contributed by atoms with Crippen LogP contribution in [-0.4, -0.2) is 11.6 Å². The summed E-state index contributed by atoms with van der Waals surface area (Å²) in [6.45, 7) is 1.83. The number of aryl methyl sites for hydroxylation is 1. The molecule has 0 aromatic heterocycles. The molecule has 1 saturated carbocycles. The molecule has 2 rings (SSSR count). The molecule has 0 aliphatic heterocycles. The van der Waals surface area contributed by atoms with Gasteiger partial charge in [0.1, 0.15) is 5.41 Å². The fourth-order valence-electron chi connectivity index (χ4n) is 2.97. The van der Waals surface area contributed by atoms with Crippen LogP contribution in [0.3, 0.4) is 0 Å². The lowest BCUT2D eigenvalue weighted by atomic mass is 9.72. The molecular formula is C17H16N2O2. The second kappa shape index (κ2) is 5.89. The quantitative estimate of drug-likeness (QED) is 0.794. The van der Waals surface area contributed by atoms with Crippen LogP contribution in [0, 0.1) is 40.9 Å². The van der Waals surface area contributed by atoms with Gasteiger partial charge in [-0.05, 0) is 25.3 Å². The predicted octanol–water partition coefficient (Wildman–Crippen LogP) is 2.97. The molecular weight excluding hydrogens is 264 g/mol. The number of nitriles is 2. The first kappa shape index (κ1) is 14.9. The van der Waals surface area contributed by atoms with Gasteiger partial charge in [-0.15, -0.1) is 0 Å². The summed E-state index contributed by atoms with van der Waals surface area (Å²) < 4.78 is 0. The lowest BCUT2D eigenvalue weighted by Crippen LogP contribution is -2.34. The second-order valence-electron chi connectivity index (χ2n) is 5.48. The lowest BCUT2D eigenvalue weighted by Gasteiger charge is -2.24. The number of carbonyl (C=O) groups excluding carboxylic acids is 2. The van der Waals surface area contributed by atoms with Crippen LogP contribution in [0.15, 0.2) is 24.3 Å². The van der Waals surface area contributed by atoms with Gasteiger partial charge in [-0.3, -0.25) is 9.59 Å². The Hall–Kier alpha value is -2.46. The lowest BCUT2D eigenvalue weighted by molar-refractivity contribution is -0.124. The molecule has 0 spiro atoms. The van der Waals surface area contributed by atoms with Crippen LogP contribution in [0.4, 0.5) is 0 Å². The van der Waals surface area contributed by atoms with Crippen molar-refractivity contribution in [3.63, 3.8) is 0 Å². The number of ketones is 2. The highest BCUT2D eigenvalue weighted by atomic mass is 16.1. The van der Waals surface area contributed by atoms with E-state index in [4.69, 9.17) is 0 Å². The van der Waals surface area contributed by atoms with Crippen LogP contribution < -0.4 is 0 Å². The van der Waals surface area contributed by atoms with Crippen molar-refractivity contribution in [2.24, 2.45) is 11.3 Å². The van der Waals surface area contributed by atoms with E-state index in [0.29, 0.717) is 24.8 Å². The number of Topliss-reactive ketones (excluding diaryl/α,β-unsaturated/α-hetero) is 2. The van der Waals surface area contributed by atoms with Gasteiger partial charge in [-0.1, -0.05) is 24.3 Å². The van der Waals surface area contributed by atoms with Crippen LogP contribution in [0.5, 0.6) is 0 Å². The third-order valence-electron chi connectivity index (χ3n) is 4.26. The molecule has 4 heteroatoms. The number of hydrogen-bond donors (Lipinski definition) is 0. The number of nitrogens with zero attached hydrogens (tertiary/aromatic N) is 2. The summed E-state index contributed by atoms with van der Waals surface area (Å²) in [5, 5.41) is 18.8. The summed E-state index contributed by atoms with van der Waals surface area (Å²) >= 11 is 0. The summed E-state index contributed by atoms with van der Waals surface area (Å²) in [5.74, 6) is -1.26. The molecule has 1 aliphatic rings. The highest BCUT2D eigenvalue weighted by molar-refractivity contribution is 5.99. The van der Waals surface area contributed by atoms with E-state index < -0.39 is 11.3 Å². The van der Waals surface area contributed by atoms with Crippen LogP contribution in [0.25, 0.3) is 0 Å². The fourth-order valence-corrected chi connectivity index (χ4v) is 2.97. The number of benzene rings is 1. The molecule has 0 unspecified atom stereocenters. The van der Waals surface area contributed by atoms with Gasteiger partial charge in [0.05, 0.1) is 18.1 Å². The average molecular weight is 280 g/mol. The van der Waals surface area contributed by atoms with E-state index >= 15 is 0 Å². The first-order valence-corrected chi connectivity index (χ1v) is 6.98. The Morgan fingerprint density at radius 2 is 2.10 bits per heavy atom. The van der Waals surface area contributed by atoms with E-state index in [2.05, 4.69) is 0 Å². The molecule has 0 N–H and O–H groups in total. The zero-order valence-corrected chi connectivity index (χ0v) is 11.9. The summed E-state index contributed by atoms with van der Waals surface area (Å²) in [6, 6.07) is 11.2. The van der Waals surface area contributed by atoms with Gasteiger partial charge >= 0.3 is 0 Å². The number of hydrogen-bond acceptors (Lipinski definition) is 4. The molecule has 0 bridgehead atoms. The summed E-state index contributed by atoms with van der Waals surface area (Å²) in [7, 11) is 0. The van der Waals surface area contributed by atoms with Crippen molar-refractivity contribution in [3.05, 3.63) is 35.4 Å². The smallest absolute Gasteiger partial charge is 0.164 e. The summed E-state index contributed by atoms with van der Waals surface area (Å²) in [6.07, 6.45) is 1.23. The van der Waals surface area contributed by atoms with Gasteiger partial charge in [-0.25, -0.2) is 0 Å². The van der Waals surface area contributed by atoms with Gasteiger partial charge < -0.3 is 0 Å². The van der Waals surface area contributed by atoms with E-state index in [1.54, 1.807) is 12.1 Å². The highest BCUT2D eigenvalue weighted by Gasteiger charge is 2.49. The van der Waals surface area contributed by atoms with E-state index in [9.17, 15) is 20.1 Å². The van der Waals surface area contributed by atoms with Gasteiger partial charge in [0.25, 0.3) is 0 Å².